The molecule has 1 fully saturated rings. The van der Waals surface area contributed by atoms with Crippen molar-refractivity contribution in [3.05, 3.63) is 64.7 Å². The number of nitrogens with zero attached hydrogens (tertiary/aromatic N) is 1. The molecule has 4 nitrogen and oxygen atoms in total. The average molecular weight is 322 g/mol. The van der Waals surface area contributed by atoms with Gasteiger partial charge in [0, 0.05) is 17.8 Å². The van der Waals surface area contributed by atoms with Gasteiger partial charge in [0.2, 0.25) is 5.91 Å². The van der Waals surface area contributed by atoms with E-state index >= 15 is 0 Å². The molecular weight excluding hydrogens is 300 g/mol. The van der Waals surface area contributed by atoms with Crippen LogP contribution in [-0.2, 0) is 4.79 Å². The summed E-state index contributed by atoms with van der Waals surface area (Å²) in [6, 6.07) is 13.1. The van der Waals surface area contributed by atoms with Crippen molar-refractivity contribution in [1.29, 1.82) is 0 Å². The zero-order valence-corrected chi connectivity index (χ0v) is 14.3. The molecule has 1 aliphatic rings. The van der Waals surface area contributed by atoms with Gasteiger partial charge in [-0.05, 0) is 51.0 Å². The van der Waals surface area contributed by atoms with E-state index in [1.54, 1.807) is 4.90 Å². The molecule has 1 heterocycles. The minimum Gasteiger partial charge on any atom is -0.340 e. The predicted molar refractivity (Wildman–Crippen MR) is 95.3 cm³/mol. The van der Waals surface area contributed by atoms with Crippen molar-refractivity contribution in [2.45, 2.75) is 33.2 Å². The largest absolute Gasteiger partial charge is 0.340 e. The van der Waals surface area contributed by atoms with E-state index in [-0.39, 0.29) is 11.8 Å². The van der Waals surface area contributed by atoms with Gasteiger partial charge in [-0.3, -0.25) is 9.59 Å². The zero-order chi connectivity index (χ0) is 17.3. The monoisotopic (exact) mass is 322 g/mol. The van der Waals surface area contributed by atoms with E-state index in [0.717, 1.165) is 22.4 Å². The summed E-state index contributed by atoms with van der Waals surface area (Å²) in [6.45, 7) is 6.55. The quantitative estimate of drug-likeness (QED) is 0.944. The Balaban J connectivity index is 1.71. The molecule has 0 saturated carbocycles. The van der Waals surface area contributed by atoms with Gasteiger partial charge in [0.25, 0.3) is 5.91 Å². The number of aryl methyl sites for hydroxylation is 3. The molecular formula is C20H22N2O2. The lowest BCUT2D eigenvalue weighted by molar-refractivity contribution is -0.118. The van der Waals surface area contributed by atoms with Gasteiger partial charge in [-0.15, -0.1) is 0 Å². The predicted octanol–water partition coefficient (Wildman–Crippen LogP) is 3.15. The summed E-state index contributed by atoms with van der Waals surface area (Å²) in [5, 5.41) is 2.89. The summed E-state index contributed by atoms with van der Waals surface area (Å²) in [7, 11) is 0. The van der Waals surface area contributed by atoms with E-state index in [1.807, 2.05) is 63.2 Å². The second-order valence-electron chi connectivity index (χ2n) is 6.46. The number of nitrogens with one attached hydrogen (secondary N) is 1. The maximum atomic E-state index is 12.6. The molecule has 2 amide bonds. The fourth-order valence-corrected chi connectivity index (χ4v) is 3.10. The van der Waals surface area contributed by atoms with Crippen LogP contribution in [0.1, 0.15) is 33.5 Å². The molecule has 1 atom stereocenters. The highest BCUT2D eigenvalue weighted by Crippen LogP contribution is 2.22. The van der Waals surface area contributed by atoms with Gasteiger partial charge < -0.3 is 10.2 Å². The highest BCUT2D eigenvalue weighted by atomic mass is 16.2. The number of amides is 2. The molecule has 1 aliphatic heterocycles. The molecule has 2 aromatic carbocycles. The molecule has 1 saturated heterocycles. The van der Waals surface area contributed by atoms with Gasteiger partial charge in [0.05, 0.1) is 0 Å². The fourth-order valence-electron chi connectivity index (χ4n) is 3.10. The van der Waals surface area contributed by atoms with Crippen molar-refractivity contribution in [2.75, 3.05) is 11.4 Å². The summed E-state index contributed by atoms with van der Waals surface area (Å²) in [5.41, 5.74) is 4.71. The minimum absolute atomic E-state index is 0.0445. The number of hydrogen-bond donors (Lipinski definition) is 1. The van der Waals surface area contributed by atoms with Crippen LogP contribution in [0.3, 0.4) is 0 Å². The van der Waals surface area contributed by atoms with Crippen LogP contribution in [0.2, 0.25) is 0 Å². The molecule has 24 heavy (non-hydrogen) atoms. The van der Waals surface area contributed by atoms with E-state index in [4.69, 9.17) is 0 Å². The maximum absolute atomic E-state index is 12.6. The van der Waals surface area contributed by atoms with Gasteiger partial charge in [0.1, 0.15) is 6.04 Å². The number of carbonyl (C=O) groups is 2. The maximum Gasteiger partial charge on any atom is 0.252 e. The van der Waals surface area contributed by atoms with Crippen LogP contribution in [0, 0.1) is 20.8 Å². The first-order valence-corrected chi connectivity index (χ1v) is 8.22. The van der Waals surface area contributed by atoms with Crippen LogP contribution in [-0.4, -0.2) is 24.4 Å². The van der Waals surface area contributed by atoms with Crippen LogP contribution in [0.5, 0.6) is 0 Å². The summed E-state index contributed by atoms with van der Waals surface area (Å²) in [5.74, 6) is -0.228. The molecule has 0 unspecified atom stereocenters. The highest BCUT2D eigenvalue weighted by Gasteiger charge is 2.33. The van der Waals surface area contributed by atoms with Gasteiger partial charge in [-0.2, -0.15) is 0 Å². The van der Waals surface area contributed by atoms with Crippen molar-refractivity contribution in [3.8, 4) is 0 Å². The Morgan fingerprint density at radius 2 is 1.71 bits per heavy atom. The summed E-state index contributed by atoms with van der Waals surface area (Å²) >= 11 is 0. The standard InChI is InChI=1S/C20H22N2O2/c1-13-4-7-16(8-5-13)22-11-10-18(20(22)24)21-19(23)17-9-6-14(2)12-15(17)3/h4-9,12,18H,10-11H2,1-3H3,(H,21,23)/t18-/m1/s1. The first-order valence-electron chi connectivity index (χ1n) is 8.22. The van der Waals surface area contributed by atoms with Gasteiger partial charge in [-0.25, -0.2) is 0 Å². The summed E-state index contributed by atoms with van der Waals surface area (Å²) < 4.78 is 0. The molecule has 0 bridgehead atoms. The van der Waals surface area contributed by atoms with Crippen LogP contribution in [0.15, 0.2) is 42.5 Å². The van der Waals surface area contributed by atoms with E-state index in [2.05, 4.69) is 5.32 Å². The Morgan fingerprint density at radius 1 is 1.04 bits per heavy atom. The lowest BCUT2D eigenvalue weighted by atomic mass is 10.0. The highest BCUT2D eigenvalue weighted by molar-refractivity contribution is 6.04. The number of rotatable bonds is 3. The van der Waals surface area contributed by atoms with E-state index in [9.17, 15) is 9.59 Å². The zero-order valence-electron chi connectivity index (χ0n) is 14.3. The van der Waals surface area contributed by atoms with Crippen molar-refractivity contribution >= 4 is 17.5 Å². The minimum atomic E-state index is -0.459. The molecule has 4 heteroatoms. The van der Waals surface area contributed by atoms with Crippen molar-refractivity contribution < 1.29 is 9.59 Å². The Morgan fingerprint density at radius 3 is 2.38 bits per heavy atom. The van der Waals surface area contributed by atoms with Gasteiger partial charge in [0.15, 0.2) is 0 Å². The molecule has 3 rings (SSSR count). The van der Waals surface area contributed by atoms with Crippen LogP contribution < -0.4 is 10.2 Å². The van der Waals surface area contributed by atoms with E-state index in [0.29, 0.717) is 18.5 Å². The number of anilines is 1. The van der Waals surface area contributed by atoms with Crippen LogP contribution in [0.4, 0.5) is 5.69 Å². The van der Waals surface area contributed by atoms with Gasteiger partial charge >= 0.3 is 0 Å². The molecule has 2 aromatic rings. The molecule has 1 N–H and O–H groups in total. The molecule has 0 aromatic heterocycles. The molecule has 0 radical (unpaired) electrons. The Labute approximate surface area is 142 Å². The first-order chi connectivity index (χ1) is 11.5. The summed E-state index contributed by atoms with van der Waals surface area (Å²) in [4.78, 5) is 26.8. The van der Waals surface area contributed by atoms with Crippen molar-refractivity contribution in [3.63, 3.8) is 0 Å². The summed E-state index contributed by atoms with van der Waals surface area (Å²) in [6.07, 6.45) is 0.628. The molecule has 0 spiro atoms. The van der Waals surface area contributed by atoms with Crippen LogP contribution in [0.25, 0.3) is 0 Å². The third-order valence-electron chi connectivity index (χ3n) is 4.48. The van der Waals surface area contributed by atoms with E-state index < -0.39 is 6.04 Å². The fraction of sp³-hybridized carbons (Fsp3) is 0.300. The van der Waals surface area contributed by atoms with Crippen LogP contribution >= 0.6 is 0 Å². The Bertz CT molecular complexity index is 781. The van der Waals surface area contributed by atoms with Crippen molar-refractivity contribution in [2.24, 2.45) is 0 Å². The average Bonchev–Trinajstić information content (AvgIpc) is 2.89. The van der Waals surface area contributed by atoms with Crippen molar-refractivity contribution in [1.82, 2.24) is 5.32 Å². The third-order valence-corrected chi connectivity index (χ3v) is 4.48. The topological polar surface area (TPSA) is 49.4 Å². The number of benzene rings is 2. The Kier molecular flexibility index (Phi) is 4.38. The second kappa shape index (κ2) is 6.48. The Hall–Kier alpha value is -2.62. The lowest BCUT2D eigenvalue weighted by Gasteiger charge is -2.18. The smallest absolute Gasteiger partial charge is 0.252 e. The SMILES string of the molecule is Cc1ccc(N2CC[C@@H](NC(=O)c3ccc(C)cc3C)C2=O)cc1. The number of carbonyl (C=O) groups excluding carboxylic acids is 2. The second-order valence-corrected chi connectivity index (χ2v) is 6.46. The third kappa shape index (κ3) is 3.18. The van der Waals surface area contributed by atoms with Gasteiger partial charge in [-0.1, -0.05) is 35.4 Å². The molecule has 0 aliphatic carbocycles. The first kappa shape index (κ1) is 16.2. The molecule has 124 valence electrons. The van der Waals surface area contributed by atoms with E-state index in [1.165, 1.54) is 0 Å². The number of hydrogen-bond acceptors (Lipinski definition) is 2. The normalized spacial score (nSPS) is 17.2. The lowest BCUT2D eigenvalue weighted by Crippen LogP contribution is -2.41.